The van der Waals surface area contributed by atoms with Crippen molar-refractivity contribution in [3.8, 4) is 10.6 Å². The van der Waals surface area contributed by atoms with Crippen LogP contribution in [0.1, 0.15) is 49.8 Å². The normalized spacial score (nSPS) is 19.7. The summed E-state index contributed by atoms with van der Waals surface area (Å²) in [6.07, 6.45) is 5.76. The lowest BCUT2D eigenvalue weighted by atomic mass is 9.90. The van der Waals surface area contributed by atoms with Crippen LogP contribution in [0.25, 0.3) is 10.6 Å². The number of hydrogen-bond acceptors (Lipinski definition) is 4. The van der Waals surface area contributed by atoms with Crippen LogP contribution in [0.2, 0.25) is 0 Å². The van der Waals surface area contributed by atoms with Gasteiger partial charge in [0, 0.05) is 10.9 Å². The molecule has 4 rings (SSSR count). The first-order valence-corrected chi connectivity index (χ1v) is 10.1. The molecule has 1 aromatic carbocycles. The van der Waals surface area contributed by atoms with Gasteiger partial charge in [-0.05, 0) is 19.8 Å². The highest BCUT2D eigenvalue weighted by Crippen LogP contribution is 2.33. The first-order chi connectivity index (χ1) is 12.6. The van der Waals surface area contributed by atoms with E-state index in [4.69, 9.17) is 0 Å². The predicted octanol–water partition coefficient (Wildman–Crippen LogP) is 4.26. The molecule has 1 spiro atoms. The number of hydrogen-bond donors (Lipinski definition) is 1. The van der Waals surface area contributed by atoms with E-state index in [-0.39, 0.29) is 18.5 Å². The first-order valence-electron chi connectivity index (χ1n) is 9.23. The van der Waals surface area contributed by atoms with E-state index in [0.29, 0.717) is 0 Å². The van der Waals surface area contributed by atoms with E-state index in [1.54, 1.807) is 11.3 Å². The molecule has 2 aliphatic rings. The molecule has 0 unspecified atom stereocenters. The van der Waals surface area contributed by atoms with Crippen molar-refractivity contribution in [2.45, 2.75) is 57.5 Å². The number of amides is 3. The summed E-state index contributed by atoms with van der Waals surface area (Å²) in [6.45, 7) is 2.30. The minimum absolute atomic E-state index is 0.0747. The number of benzene rings is 1. The zero-order valence-corrected chi connectivity index (χ0v) is 15.8. The molecule has 2 fully saturated rings. The molecule has 1 aliphatic carbocycles. The van der Waals surface area contributed by atoms with E-state index in [1.165, 1.54) is 10.5 Å². The summed E-state index contributed by atoms with van der Waals surface area (Å²) < 4.78 is 0. The van der Waals surface area contributed by atoms with Crippen molar-refractivity contribution in [1.82, 2.24) is 15.2 Å². The molecule has 2 aromatic rings. The van der Waals surface area contributed by atoms with Crippen LogP contribution in [0.5, 0.6) is 0 Å². The molecule has 6 heteroatoms. The maximum absolute atomic E-state index is 13.0. The summed E-state index contributed by atoms with van der Waals surface area (Å²) in [4.78, 5) is 31.4. The Morgan fingerprint density at radius 2 is 1.81 bits per heavy atom. The fourth-order valence-electron chi connectivity index (χ4n) is 3.86. The Morgan fingerprint density at radius 1 is 1.12 bits per heavy atom. The molecular weight excluding hydrogens is 346 g/mol. The summed E-state index contributed by atoms with van der Waals surface area (Å²) in [5.41, 5.74) is 2.35. The van der Waals surface area contributed by atoms with Crippen LogP contribution in [0.15, 0.2) is 29.6 Å². The van der Waals surface area contributed by atoms with Gasteiger partial charge in [-0.3, -0.25) is 9.69 Å². The molecule has 0 radical (unpaired) electrons. The third-order valence-electron chi connectivity index (χ3n) is 5.37. The molecule has 1 saturated heterocycles. The number of carbonyl (C=O) groups excluding carboxylic acids is 2. The van der Waals surface area contributed by atoms with Crippen LogP contribution in [0.4, 0.5) is 4.79 Å². The van der Waals surface area contributed by atoms with Crippen molar-refractivity contribution in [1.29, 1.82) is 0 Å². The fourth-order valence-corrected chi connectivity index (χ4v) is 4.68. The number of urea groups is 1. The van der Waals surface area contributed by atoms with Crippen LogP contribution >= 0.6 is 11.3 Å². The molecule has 26 heavy (non-hydrogen) atoms. The van der Waals surface area contributed by atoms with Gasteiger partial charge >= 0.3 is 6.03 Å². The summed E-state index contributed by atoms with van der Waals surface area (Å²) in [5.74, 6) is -0.0747. The van der Waals surface area contributed by atoms with Crippen LogP contribution < -0.4 is 5.32 Å². The zero-order valence-electron chi connectivity index (χ0n) is 15.0. The second kappa shape index (κ2) is 6.83. The van der Waals surface area contributed by atoms with E-state index in [9.17, 15) is 9.59 Å². The Hall–Kier alpha value is -2.21. The van der Waals surface area contributed by atoms with Gasteiger partial charge in [0.05, 0.1) is 12.2 Å². The lowest BCUT2D eigenvalue weighted by Crippen LogP contribution is -2.46. The van der Waals surface area contributed by atoms with E-state index >= 15 is 0 Å². The molecule has 0 atom stereocenters. The smallest absolute Gasteiger partial charge is 0.323 e. The van der Waals surface area contributed by atoms with E-state index in [2.05, 4.69) is 29.4 Å². The number of rotatable bonds is 3. The Labute approximate surface area is 157 Å². The molecule has 0 bridgehead atoms. The second-order valence-electron chi connectivity index (χ2n) is 7.33. The van der Waals surface area contributed by atoms with Gasteiger partial charge in [-0.25, -0.2) is 9.78 Å². The highest BCUT2D eigenvalue weighted by Gasteiger charge is 2.50. The third-order valence-corrected chi connectivity index (χ3v) is 6.31. The molecule has 3 amide bonds. The average molecular weight is 369 g/mol. The van der Waals surface area contributed by atoms with Gasteiger partial charge in [-0.15, -0.1) is 11.3 Å². The summed E-state index contributed by atoms with van der Waals surface area (Å²) >= 11 is 1.54. The molecule has 5 nitrogen and oxygen atoms in total. The third kappa shape index (κ3) is 3.14. The average Bonchev–Trinajstić information content (AvgIpc) is 3.08. The van der Waals surface area contributed by atoms with Crippen LogP contribution in [0.3, 0.4) is 0 Å². The van der Waals surface area contributed by atoms with Gasteiger partial charge in [0.1, 0.15) is 10.5 Å². The van der Waals surface area contributed by atoms with Gasteiger partial charge in [0.15, 0.2) is 0 Å². The molecule has 1 aromatic heterocycles. The monoisotopic (exact) mass is 369 g/mol. The minimum atomic E-state index is -0.677. The number of nitrogens with one attached hydrogen (secondary N) is 1. The number of aromatic nitrogens is 1. The van der Waals surface area contributed by atoms with E-state index < -0.39 is 5.54 Å². The van der Waals surface area contributed by atoms with Crippen molar-refractivity contribution < 1.29 is 9.59 Å². The van der Waals surface area contributed by atoms with E-state index in [0.717, 1.165) is 54.8 Å². The van der Waals surface area contributed by atoms with Crippen LogP contribution in [0, 0.1) is 6.92 Å². The second-order valence-corrected chi connectivity index (χ2v) is 8.19. The van der Waals surface area contributed by atoms with Gasteiger partial charge < -0.3 is 5.32 Å². The van der Waals surface area contributed by atoms with Crippen LogP contribution in [-0.4, -0.2) is 27.4 Å². The van der Waals surface area contributed by atoms with Crippen molar-refractivity contribution in [3.05, 3.63) is 40.9 Å². The Kier molecular flexibility index (Phi) is 4.53. The number of aryl methyl sites for hydroxylation is 1. The lowest BCUT2D eigenvalue weighted by Gasteiger charge is -2.24. The fraction of sp³-hybridized carbons (Fsp3) is 0.450. The van der Waals surface area contributed by atoms with Crippen molar-refractivity contribution >= 4 is 23.3 Å². The number of thiazole rings is 1. The molecular formula is C20H23N3O2S. The van der Waals surface area contributed by atoms with Crippen LogP contribution in [-0.2, 0) is 11.3 Å². The van der Waals surface area contributed by atoms with Crippen molar-refractivity contribution in [2.24, 2.45) is 0 Å². The Bertz CT molecular complexity index is 820. The maximum Gasteiger partial charge on any atom is 0.325 e. The minimum Gasteiger partial charge on any atom is -0.323 e. The summed E-state index contributed by atoms with van der Waals surface area (Å²) in [6, 6.07) is 7.94. The Balaban J connectivity index is 1.51. The summed E-state index contributed by atoms with van der Waals surface area (Å²) in [7, 11) is 0. The lowest BCUT2D eigenvalue weighted by molar-refractivity contribution is -0.132. The molecule has 2 heterocycles. The number of imide groups is 1. The predicted molar refractivity (Wildman–Crippen MR) is 102 cm³/mol. The topological polar surface area (TPSA) is 62.3 Å². The van der Waals surface area contributed by atoms with Crippen molar-refractivity contribution in [3.63, 3.8) is 0 Å². The maximum atomic E-state index is 13.0. The Morgan fingerprint density at radius 3 is 2.50 bits per heavy atom. The van der Waals surface area contributed by atoms with Gasteiger partial charge in [-0.2, -0.15) is 0 Å². The number of nitrogens with zero attached hydrogens (tertiary/aromatic N) is 2. The quantitative estimate of drug-likeness (QED) is 0.822. The molecule has 1 N–H and O–H groups in total. The first kappa shape index (κ1) is 17.2. The zero-order chi connectivity index (χ0) is 18.1. The van der Waals surface area contributed by atoms with Gasteiger partial charge in [-0.1, -0.05) is 55.5 Å². The van der Waals surface area contributed by atoms with Gasteiger partial charge in [0.25, 0.3) is 5.91 Å². The summed E-state index contributed by atoms with van der Waals surface area (Å²) in [5, 5.41) is 5.84. The SMILES string of the molecule is Cc1ccc(-c2nc(CN3C(=O)NC4(CCCCCC4)C3=O)cs2)cc1. The van der Waals surface area contributed by atoms with E-state index in [1.807, 2.05) is 17.5 Å². The molecule has 1 aliphatic heterocycles. The largest absolute Gasteiger partial charge is 0.325 e. The van der Waals surface area contributed by atoms with Crippen molar-refractivity contribution in [2.75, 3.05) is 0 Å². The highest BCUT2D eigenvalue weighted by atomic mass is 32.1. The molecule has 136 valence electrons. The molecule has 1 saturated carbocycles. The highest BCUT2D eigenvalue weighted by molar-refractivity contribution is 7.13. The number of carbonyl (C=O) groups is 2. The standard InChI is InChI=1S/C20H23N3O2S/c1-14-6-8-15(9-7-14)17-21-16(13-26-17)12-23-18(24)20(22-19(23)25)10-4-2-3-5-11-20/h6-9,13H,2-5,10-12H2,1H3,(H,22,25). The van der Waals surface area contributed by atoms with Gasteiger partial charge in [0.2, 0.25) is 0 Å².